The quantitative estimate of drug-likeness (QED) is 0.0576. The number of ether oxygens (including phenoxy) is 2. The minimum absolute atomic E-state index is 0.176. The van der Waals surface area contributed by atoms with Crippen LogP contribution in [0.25, 0.3) is 5.82 Å². The van der Waals surface area contributed by atoms with Crippen LogP contribution in [0.2, 0.25) is 51.4 Å². The molecule has 2 saturated heterocycles. The molecule has 21 nitrogen and oxygen atoms in total. The first-order valence-corrected chi connectivity index (χ1v) is 40.5. The van der Waals surface area contributed by atoms with Gasteiger partial charge in [-0.15, -0.1) is 5.10 Å². The highest BCUT2D eigenvalue weighted by molar-refractivity contribution is 9.10. The van der Waals surface area contributed by atoms with Crippen LogP contribution in [0.5, 0.6) is 5.88 Å². The number of aliphatic imine (C=N–C) groups is 1. The van der Waals surface area contributed by atoms with Crippen LogP contribution in [0.15, 0.2) is 105 Å². The summed E-state index contributed by atoms with van der Waals surface area (Å²) in [6.45, 7) is 27.8. The van der Waals surface area contributed by atoms with Crippen LogP contribution in [-0.4, -0.2) is 137 Å². The van der Waals surface area contributed by atoms with Crippen molar-refractivity contribution >= 4 is 93.1 Å². The summed E-state index contributed by atoms with van der Waals surface area (Å²) in [6, 6.07) is 20.3. The van der Waals surface area contributed by atoms with Gasteiger partial charge in [-0.2, -0.15) is 16.8 Å². The van der Waals surface area contributed by atoms with Crippen molar-refractivity contribution in [1.82, 2.24) is 39.2 Å². The molecule has 4 N–H and O–H groups in total. The summed E-state index contributed by atoms with van der Waals surface area (Å²) in [5.41, 5.74) is -0.104. The number of nitrogens with one attached hydrogen (secondary N) is 4. The topological polar surface area (TPSA) is 257 Å². The number of pyridine rings is 4. The second-order valence-corrected chi connectivity index (χ2v) is 41.3. The zero-order chi connectivity index (χ0) is 61.4. The molecule has 0 radical (unpaired) electrons. The highest BCUT2D eigenvalue weighted by atomic mass is 79.9. The molecule has 0 spiro atoms. The number of anilines is 4. The summed E-state index contributed by atoms with van der Waals surface area (Å²) in [4.78, 5) is 52.9. The summed E-state index contributed by atoms with van der Waals surface area (Å²) in [6.07, 6.45) is 13.6. The molecule has 5 aromatic heterocycles. The third kappa shape index (κ3) is 17.9. The van der Waals surface area contributed by atoms with Crippen molar-refractivity contribution in [2.75, 3.05) is 66.4 Å². The van der Waals surface area contributed by atoms with Crippen LogP contribution in [0.3, 0.4) is 0 Å². The van der Waals surface area contributed by atoms with Crippen molar-refractivity contribution < 1.29 is 35.9 Å². The summed E-state index contributed by atoms with van der Waals surface area (Å²) in [7, 11) is -10.4. The SMILES string of the molecule is CC1(C)C[C@@H]2CCCNc3cccc(n3)S(=O)(=O)NC(=O)c3ccc(-n4ccc(OCCC[Si](C)(C)C)n4)nc3N1C2.CC1(C)C[C@@H]2CCCNc3cccc(n3)S(=O)(=O)NC(=O)c3ccc(Br)nc3N1C2.C[Si](C)(C)CCCOC1=NCC=C1. The molecule has 460 valence electrons. The number of nitrogens with zero attached hydrogens (tertiary/aromatic N) is 9. The van der Waals surface area contributed by atoms with Crippen LogP contribution in [0.4, 0.5) is 23.3 Å². The third-order valence-corrected chi connectivity index (χ3v) is 21.9. The van der Waals surface area contributed by atoms with E-state index < -0.39 is 48.0 Å². The van der Waals surface area contributed by atoms with E-state index in [1.165, 1.54) is 30.6 Å². The van der Waals surface area contributed by atoms with E-state index in [-0.39, 0.29) is 32.3 Å². The number of carbonyl (C=O) groups excluding carboxylic acids is 2. The van der Waals surface area contributed by atoms with Crippen LogP contribution < -0.4 is 34.6 Å². The Morgan fingerprint density at radius 1 is 0.647 bits per heavy atom. The molecule has 2 amide bonds. The maximum atomic E-state index is 13.6. The molecule has 5 aliphatic rings. The van der Waals surface area contributed by atoms with Crippen molar-refractivity contribution in [1.29, 1.82) is 0 Å². The fraction of sp³-hybridized carbons (Fsp3) is 0.525. The normalized spacial score (nSPS) is 20.4. The van der Waals surface area contributed by atoms with Crippen molar-refractivity contribution in [2.45, 2.75) is 152 Å². The van der Waals surface area contributed by atoms with Gasteiger partial charge in [-0.3, -0.25) is 9.59 Å². The molecule has 2 atom stereocenters. The van der Waals surface area contributed by atoms with Gasteiger partial charge in [0.1, 0.15) is 27.9 Å². The second-order valence-electron chi connectivity index (χ2n) is 26.0. The molecule has 5 aliphatic heterocycles. The van der Waals surface area contributed by atoms with Crippen molar-refractivity contribution in [3.8, 4) is 11.7 Å². The maximum absolute atomic E-state index is 13.6. The maximum Gasteiger partial charge on any atom is 0.281 e. The summed E-state index contributed by atoms with van der Waals surface area (Å²) in [5, 5.41) is 10.5. The zero-order valence-electron chi connectivity index (χ0n) is 50.7. The van der Waals surface area contributed by atoms with Crippen molar-refractivity contribution in [3.05, 3.63) is 101 Å². The Morgan fingerprint density at radius 2 is 1.15 bits per heavy atom. The number of sulfonamides is 2. The predicted molar refractivity (Wildman–Crippen MR) is 344 cm³/mol. The smallest absolute Gasteiger partial charge is 0.281 e. The monoisotopic (exact) mass is 1300 g/mol. The Balaban J connectivity index is 0.000000189. The van der Waals surface area contributed by atoms with E-state index in [0.29, 0.717) is 77.6 Å². The van der Waals surface area contributed by atoms with Crippen LogP contribution in [0.1, 0.15) is 99.8 Å². The molecular formula is C59H84BrN13O8S2Si2. The standard InChI is InChI=1S/C29H41N7O4SSi.C20H24BrN5O3S.C10H19NOSi/c1-29(2)19-21-9-7-15-30-23-10-6-11-26(31-23)41(38,39)34-28(37)22-12-13-24(32-27(22)35(29)20-21)36-16-14-25(33-36)40-17-8-18-42(3,4)5;1-20(2)11-13-5-4-10-22-16-6-3-7-17(24-16)30(28,29)25-19(27)14-8-9-15(21)23-18(14)26(20)12-13;1-13(2,3)9-5-8-12-10-6-4-7-11-10/h6,10-14,16,21H,7-9,15,17-20H2,1-5H3,(H,30,31)(H,34,37);3,6-9,13H,4-5,10-12H2,1-2H3,(H,22,24)(H,25,27);4,6H,5,7-9H2,1-3H3/t21-;13-;/m00./s1. The molecule has 0 aliphatic carbocycles. The Morgan fingerprint density at radius 3 is 1.66 bits per heavy atom. The Bertz CT molecular complexity index is 3480. The third-order valence-electron chi connectivity index (χ3n) is 15.3. The highest BCUT2D eigenvalue weighted by Crippen LogP contribution is 2.41. The molecule has 0 saturated carbocycles. The number of hydrogen-bond donors (Lipinski definition) is 4. The molecule has 0 aromatic carbocycles. The predicted octanol–water partition coefficient (Wildman–Crippen LogP) is 10.6. The summed E-state index contributed by atoms with van der Waals surface area (Å²) < 4.78 is 70.0. The Labute approximate surface area is 512 Å². The number of aromatic nitrogens is 6. The molecule has 10 heterocycles. The molecular weight excluding hydrogens is 1220 g/mol. The van der Waals surface area contributed by atoms with Crippen LogP contribution in [-0.2, 0) is 24.8 Å². The van der Waals surface area contributed by atoms with Gasteiger partial charge < -0.3 is 29.9 Å². The van der Waals surface area contributed by atoms with Crippen LogP contribution in [0, 0.1) is 11.8 Å². The first-order chi connectivity index (χ1) is 40.0. The number of carbonyl (C=O) groups is 2. The largest absolute Gasteiger partial charge is 0.478 e. The van der Waals surface area contributed by atoms with E-state index in [0.717, 1.165) is 70.5 Å². The second kappa shape index (κ2) is 27.2. The van der Waals surface area contributed by atoms with Crippen molar-refractivity contribution in [2.24, 2.45) is 16.8 Å². The summed E-state index contributed by atoms with van der Waals surface area (Å²) in [5.74, 6) is 3.03. The van der Waals surface area contributed by atoms with Gasteiger partial charge in [0.15, 0.2) is 15.9 Å². The molecule has 0 unspecified atom stereocenters. The lowest BCUT2D eigenvalue weighted by Gasteiger charge is -2.34. The minimum Gasteiger partial charge on any atom is -0.478 e. The molecule has 10 rings (SSSR count). The molecule has 85 heavy (non-hydrogen) atoms. The fourth-order valence-corrected chi connectivity index (χ4v) is 15.8. The lowest BCUT2D eigenvalue weighted by atomic mass is 9.93. The molecule has 2 fully saturated rings. The van der Waals surface area contributed by atoms with Gasteiger partial charge in [-0.1, -0.05) is 69.6 Å². The van der Waals surface area contributed by atoms with E-state index in [9.17, 15) is 26.4 Å². The van der Waals surface area contributed by atoms with Gasteiger partial charge in [-0.25, -0.2) is 39.1 Å². The Hall–Kier alpha value is -6.23. The average Bonchev–Trinajstić information content (AvgIpc) is 1.88. The number of rotatable bonds is 10. The van der Waals surface area contributed by atoms with E-state index in [2.05, 4.69) is 138 Å². The van der Waals surface area contributed by atoms with E-state index >= 15 is 0 Å². The van der Waals surface area contributed by atoms with Crippen molar-refractivity contribution in [3.63, 3.8) is 0 Å². The lowest BCUT2D eigenvalue weighted by molar-refractivity contribution is 0.0972. The zero-order valence-corrected chi connectivity index (χ0v) is 56.0. The molecule has 26 heteroatoms. The van der Waals surface area contributed by atoms with Gasteiger partial charge in [-0.05, 0) is 161 Å². The van der Waals surface area contributed by atoms with Gasteiger partial charge in [0.05, 0.1) is 30.9 Å². The van der Waals surface area contributed by atoms with E-state index in [4.69, 9.17) is 14.5 Å². The molecule has 5 aromatic rings. The number of hydrogen-bond acceptors (Lipinski definition) is 18. The van der Waals surface area contributed by atoms with E-state index in [1.807, 2.05) is 12.2 Å². The van der Waals surface area contributed by atoms with Gasteiger partial charge in [0, 0.05) is 65.7 Å². The number of halogens is 1. The van der Waals surface area contributed by atoms with E-state index in [1.54, 1.807) is 65.5 Å². The van der Waals surface area contributed by atoms with Gasteiger partial charge >= 0.3 is 0 Å². The fourth-order valence-electron chi connectivity index (χ4n) is 11.2. The first-order valence-electron chi connectivity index (χ1n) is 29.4. The first kappa shape index (κ1) is 64.8. The summed E-state index contributed by atoms with van der Waals surface area (Å²) >= 11 is 3.39. The number of fused-ring (bicyclic) bond motifs is 12. The van der Waals surface area contributed by atoms with Gasteiger partial charge in [0.25, 0.3) is 31.9 Å². The molecule has 8 bridgehead atoms. The number of amides is 2. The highest BCUT2D eigenvalue weighted by Gasteiger charge is 2.42. The minimum atomic E-state index is -4.22. The van der Waals surface area contributed by atoms with Gasteiger partial charge in [0.2, 0.25) is 11.8 Å². The van der Waals surface area contributed by atoms with Crippen LogP contribution >= 0.6 is 15.9 Å². The Kier molecular flexibility index (Phi) is 20.7. The average molecular weight is 1300 g/mol. The lowest BCUT2D eigenvalue weighted by Crippen LogP contribution is -2.41.